The first-order valence-corrected chi connectivity index (χ1v) is 13.9. The molecule has 2 aromatic rings. The van der Waals surface area contributed by atoms with Crippen molar-refractivity contribution in [1.29, 1.82) is 0 Å². The van der Waals surface area contributed by atoms with Crippen molar-refractivity contribution in [2.24, 2.45) is 5.16 Å². The van der Waals surface area contributed by atoms with Crippen molar-refractivity contribution in [2.75, 3.05) is 6.61 Å². The van der Waals surface area contributed by atoms with E-state index in [0.717, 1.165) is 17.7 Å². The Morgan fingerprint density at radius 1 is 0.667 bits per heavy atom. The highest BCUT2D eigenvalue weighted by atomic mass is 16.5. The van der Waals surface area contributed by atoms with Crippen molar-refractivity contribution in [3.05, 3.63) is 59.7 Å². The van der Waals surface area contributed by atoms with Crippen LogP contribution in [-0.4, -0.2) is 23.5 Å². The lowest BCUT2D eigenvalue weighted by Crippen LogP contribution is -2.08. The molecule has 0 heterocycles. The van der Waals surface area contributed by atoms with Crippen molar-refractivity contribution in [3.8, 4) is 11.5 Å². The zero-order valence-corrected chi connectivity index (χ0v) is 22.3. The van der Waals surface area contributed by atoms with Gasteiger partial charge in [-0.25, -0.2) is 4.79 Å². The molecule has 0 aliphatic heterocycles. The highest BCUT2D eigenvalue weighted by Gasteiger charge is 2.09. The average molecular weight is 496 g/mol. The molecule has 2 rings (SSSR count). The summed E-state index contributed by atoms with van der Waals surface area (Å²) < 4.78 is 11.2. The first-order chi connectivity index (χ1) is 17.6. The van der Waals surface area contributed by atoms with E-state index in [0.29, 0.717) is 23.6 Å². The number of nitrogens with zero attached hydrogens (tertiary/aromatic N) is 1. The lowest BCUT2D eigenvalue weighted by molar-refractivity contribution is 0.0734. The number of carbonyl (C=O) groups is 1. The maximum absolute atomic E-state index is 12.4. The van der Waals surface area contributed by atoms with Gasteiger partial charge in [0.15, 0.2) is 0 Å². The summed E-state index contributed by atoms with van der Waals surface area (Å²) in [7, 11) is 0. The molecule has 0 radical (unpaired) electrons. The molecule has 0 aromatic heterocycles. The van der Waals surface area contributed by atoms with Gasteiger partial charge in [0, 0.05) is 0 Å². The van der Waals surface area contributed by atoms with Crippen molar-refractivity contribution < 1.29 is 19.5 Å². The molecule has 0 saturated heterocycles. The normalized spacial score (nSPS) is 11.4. The van der Waals surface area contributed by atoms with E-state index in [2.05, 4.69) is 12.1 Å². The topological polar surface area (TPSA) is 68.1 Å². The zero-order valence-electron chi connectivity index (χ0n) is 22.3. The van der Waals surface area contributed by atoms with Gasteiger partial charge in [-0.1, -0.05) is 95.6 Å². The van der Waals surface area contributed by atoms with E-state index in [1.54, 1.807) is 43.3 Å². The Labute approximate surface area is 217 Å². The summed E-state index contributed by atoms with van der Waals surface area (Å²) in [5.74, 6) is 0.783. The van der Waals surface area contributed by atoms with E-state index in [4.69, 9.17) is 14.7 Å². The summed E-state index contributed by atoms with van der Waals surface area (Å²) in [5, 5.41) is 12.0. The lowest BCUT2D eigenvalue weighted by Gasteiger charge is -2.08. The molecule has 0 atom stereocenters. The Kier molecular flexibility index (Phi) is 15.1. The van der Waals surface area contributed by atoms with Crippen molar-refractivity contribution in [2.45, 2.75) is 104 Å². The molecule has 0 spiro atoms. The van der Waals surface area contributed by atoms with Gasteiger partial charge in [-0.15, -0.1) is 0 Å². The van der Waals surface area contributed by atoms with E-state index in [9.17, 15) is 4.79 Å². The van der Waals surface area contributed by atoms with E-state index in [1.165, 1.54) is 83.5 Å². The molecule has 0 bridgehead atoms. The standard InChI is InChI=1S/C31H45NO4/c1-3-4-5-6-7-8-9-10-11-12-13-14-15-16-25-35-29-21-19-28(20-22-29)31(33)36-30-23-17-27(18-24-30)26(2)32-34/h17-24,34H,3-16,25H2,1-2H3/b32-26+. The third-order valence-electron chi connectivity index (χ3n) is 6.49. The molecule has 1 N–H and O–H groups in total. The second kappa shape index (κ2) is 18.4. The fraction of sp³-hybridized carbons (Fsp3) is 0.548. The van der Waals surface area contributed by atoms with Crippen molar-refractivity contribution >= 4 is 11.7 Å². The Morgan fingerprint density at radius 3 is 1.61 bits per heavy atom. The van der Waals surface area contributed by atoms with Crippen LogP contribution < -0.4 is 9.47 Å². The van der Waals surface area contributed by atoms with Gasteiger partial charge in [0.2, 0.25) is 0 Å². The van der Waals surface area contributed by atoms with Crippen LogP contribution in [0.2, 0.25) is 0 Å². The van der Waals surface area contributed by atoms with Gasteiger partial charge in [-0.05, 0) is 67.4 Å². The molecular formula is C31H45NO4. The molecule has 2 aromatic carbocycles. The third kappa shape index (κ3) is 12.2. The van der Waals surface area contributed by atoms with Crippen molar-refractivity contribution in [3.63, 3.8) is 0 Å². The van der Waals surface area contributed by atoms with Gasteiger partial charge in [-0.3, -0.25) is 0 Å². The summed E-state index contributed by atoms with van der Waals surface area (Å²) in [5.41, 5.74) is 1.73. The summed E-state index contributed by atoms with van der Waals surface area (Å²) in [6, 6.07) is 13.9. The minimum atomic E-state index is -0.422. The first-order valence-electron chi connectivity index (χ1n) is 13.9. The highest BCUT2D eigenvalue weighted by molar-refractivity contribution is 5.98. The SMILES string of the molecule is CCCCCCCCCCCCCCCCOc1ccc(C(=O)Oc2ccc(/C(C)=N/O)cc2)cc1. The lowest BCUT2D eigenvalue weighted by atomic mass is 10.0. The molecule has 36 heavy (non-hydrogen) atoms. The van der Waals surface area contributed by atoms with E-state index in [-0.39, 0.29) is 0 Å². The Bertz CT molecular complexity index is 874. The number of ether oxygens (including phenoxy) is 2. The third-order valence-corrected chi connectivity index (χ3v) is 6.49. The number of rotatable bonds is 19. The Balaban J connectivity index is 1.51. The number of hydrogen-bond acceptors (Lipinski definition) is 5. The summed E-state index contributed by atoms with van der Waals surface area (Å²) in [6.45, 7) is 4.67. The second-order valence-electron chi connectivity index (χ2n) is 9.57. The van der Waals surface area contributed by atoms with Crippen molar-refractivity contribution in [1.82, 2.24) is 0 Å². The maximum atomic E-state index is 12.4. The van der Waals surface area contributed by atoms with Gasteiger partial charge < -0.3 is 14.7 Å². The van der Waals surface area contributed by atoms with Gasteiger partial charge in [0.05, 0.1) is 17.9 Å². The van der Waals surface area contributed by atoms with Crippen LogP contribution in [0.25, 0.3) is 0 Å². The Hall–Kier alpha value is -2.82. The van der Waals surface area contributed by atoms with E-state index >= 15 is 0 Å². The van der Waals surface area contributed by atoms with Crippen LogP contribution in [0, 0.1) is 0 Å². The minimum absolute atomic E-state index is 0.422. The largest absolute Gasteiger partial charge is 0.494 e. The summed E-state index contributed by atoms with van der Waals surface area (Å²) in [6.07, 6.45) is 18.8. The first kappa shape index (κ1) is 29.4. The number of oxime groups is 1. The minimum Gasteiger partial charge on any atom is -0.494 e. The van der Waals surface area contributed by atoms with Crippen LogP contribution in [0.1, 0.15) is 120 Å². The second-order valence-corrected chi connectivity index (χ2v) is 9.57. The summed E-state index contributed by atoms with van der Waals surface area (Å²) in [4.78, 5) is 12.4. The number of esters is 1. The van der Waals surface area contributed by atoms with E-state index in [1.807, 2.05) is 12.1 Å². The number of hydrogen-bond donors (Lipinski definition) is 1. The molecule has 5 nitrogen and oxygen atoms in total. The summed E-state index contributed by atoms with van der Waals surface area (Å²) >= 11 is 0. The van der Waals surface area contributed by atoms with Crippen LogP contribution in [-0.2, 0) is 0 Å². The number of unbranched alkanes of at least 4 members (excludes halogenated alkanes) is 13. The molecule has 0 unspecified atom stereocenters. The van der Waals surface area contributed by atoms with Crippen LogP contribution in [0.5, 0.6) is 11.5 Å². The van der Waals surface area contributed by atoms with E-state index < -0.39 is 5.97 Å². The number of benzene rings is 2. The molecule has 5 heteroatoms. The monoisotopic (exact) mass is 495 g/mol. The van der Waals surface area contributed by atoms with Crippen LogP contribution >= 0.6 is 0 Å². The van der Waals surface area contributed by atoms with Crippen LogP contribution in [0.4, 0.5) is 0 Å². The smallest absolute Gasteiger partial charge is 0.343 e. The predicted molar refractivity (Wildman–Crippen MR) is 148 cm³/mol. The predicted octanol–water partition coefficient (Wildman–Crippen LogP) is 8.96. The maximum Gasteiger partial charge on any atom is 0.343 e. The molecular weight excluding hydrogens is 450 g/mol. The van der Waals surface area contributed by atoms with Gasteiger partial charge in [-0.2, -0.15) is 0 Å². The van der Waals surface area contributed by atoms with Gasteiger partial charge >= 0.3 is 5.97 Å². The fourth-order valence-electron chi connectivity index (χ4n) is 4.16. The zero-order chi connectivity index (χ0) is 25.8. The van der Waals surface area contributed by atoms with Gasteiger partial charge in [0.1, 0.15) is 11.5 Å². The quantitative estimate of drug-likeness (QED) is 0.0527. The molecule has 0 saturated carbocycles. The molecule has 0 fully saturated rings. The fourth-order valence-corrected chi connectivity index (χ4v) is 4.16. The van der Waals surface area contributed by atoms with Crippen LogP contribution in [0.15, 0.2) is 53.7 Å². The number of carbonyl (C=O) groups excluding carboxylic acids is 1. The van der Waals surface area contributed by atoms with Gasteiger partial charge in [0.25, 0.3) is 0 Å². The average Bonchev–Trinajstić information content (AvgIpc) is 2.91. The van der Waals surface area contributed by atoms with Crippen LogP contribution in [0.3, 0.4) is 0 Å². The molecule has 0 amide bonds. The molecule has 198 valence electrons. The Morgan fingerprint density at radius 2 is 1.11 bits per heavy atom. The molecule has 0 aliphatic rings. The molecule has 0 aliphatic carbocycles. The highest BCUT2D eigenvalue weighted by Crippen LogP contribution is 2.18.